The molecule has 37 heavy (non-hydrogen) atoms. The molecule has 0 saturated carbocycles. The Kier molecular flexibility index (Phi) is 11.4. The van der Waals surface area contributed by atoms with Gasteiger partial charge in [0, 0.05) is 34.8 Å². The van der Waals surface area contributed by atoms with Crippen LogP contribution in [-0.4, -0.2) is 34.6 Å². The summed E-state index contributed by atoms with van der Waals surface area (Å²) in [6.07, 6.45) is 1.25. The molecule has 0 fully saturated rings. The Labute approximate surface area is 234 Å². The average molecular weight is 558 g/mol. The largest absolute Gasteiger partial charge is 0.352 e. The molecule has 3 rings (SSSR count). The van der Waals surface area contributed by atoms with E-state index >= 15 is 0 Å². The Morgan fingerprint density at radius 3 is 2.35 bits per heavy atom. The lowest BCUT2D eigenvalue weighted by atomic mass is 10.0. The van der Waals surface area contributed by atoms with Gasteiger partial charge in [0.1, 0.15) is 6.04 Å². The van der Waals surface area contributed by atoms with Crippen molar-refractivity contribution in [2.24, 2.45) is 0 Å². The molecular formula is C30H34Cl2N2O2S. The molecule has 0 aliphatic heterocycles. The molecular weight excluding hydrogens is 523 g/mol. The number of nitrogens with one attached hydrogen (secondary N) is 1. The monoisotopic (exact) mass is 556 g/mol. The standard InChI is InChI=1S/C30H34Cl2N2O2S/c1-4-22(3)33-30(36)28(16-23-11-6-5-7-12-23)34(18-24-13-9-8-10-21(24)2)29(35)20-37-19-25-14-15-26(31)17-27(25)32/h5-15,17,22,28H,4,16,18-20H2,1-3H3,(H,33,36)/t22-,28+/m0/s1. The van der Waals surface area contributed by atoms with Crippen LogP contribution in [-0.2, 0) is 28.3 Å². The summed E-state index contributed by atoms with van der Waals surface area (Å²) in [5, 5.41) is 4.27. The summed E-state index contributed by atoms with van der Waals surface area (Å²) in [7, 11) is 0. The molecule has 0 saturated heterocycles. The van der Waals surface area contributed by atoms with E-state index < -0.39 is 6.04 Å². The van der Waals surface area contributed by atoms with E-state index in [2.05, 4.69) is 5.32 Å². The summed E-state index contributed by atoms with van der Waals surface area (Å²) < 4.78 is 0. The second-order valence-corrected chi connectivity index (χ2v) is 11.0. The second kappa shape index (κ2) is 14.5. The fraction of sp³-hybridized carbons (Fsp3) is 0.333. The number of nitrogens with zero attached hydrogens (tertiary/aromatic N) is 1. The third kappa shape index (κ3) is 8.80. The highest BCUT2D eigenvalue weighted by Gasteiger charge is 2.31. The van der Waals surface area contributed by atoms with E-state index in [0.717, 1.165) is 28.7 Å². The molecule has 3 aromatic carbocycles. The van der Waals surface area contributed by atoms with Crippen LogP contribution in [0.3, 0.4) is 0 Å². The Morgan fingerprint density at radius 1 is 0.973 bits per heavy atom. The number of hydrogen-bond acceptors (Lipinski definition) is 3. The highest BCUT2D eigenvalue weighted by Crippen LogP contribution is 2.25. The first-order valence-electron chi connectivity index (χ1n) is 12.5. The molecule has 0 heterocycles. The molecule has 0 unspecified atom stereocenters. The predicted molar refractivity (Wildman–Crippen MR) is 156 cm³/mol. The van der Waals surface area contributed by atoms with Gasteiger partial charge >= 0.3 is 0 Å². The van der Waals surface area contributed by atoms with Crippen LogP contribution in [0.4, 0.5) is 0 Å². The molecule has 0 aromatic heterocycles. The molecule has 0 aliphatic rings. The number of rotatable bonds is 12. The maximum atomic E-state index is 13.8. The molecule has 0 radical (unpaired) electrons. The smallest absolute Gasteiger partial charge is 0.243 e. The van der Waals surface area contributed by atoms with Gasteiger partial charge in [-0.3, -0.25) is 9.59 Å². The van der Waals surface area contributed by atoms with Crippen LogP contribution in [0.15, 0.2) is 72.8 Å². The van der Waals surface area contributed by atoms with Crippen molar-refractivity contribution in [2.45, 2.75) is 58.0 Å². The Bertz CT molecular complexity index is 1190. The van der Waals surface area contributed by atoms with E-state index in [9.17, 15) is 9.59 Å². The summed E-state index contributed by atoms with van der Waals surface area (Å²) in [5.41, 5.74) is 4.04. The van der Waals surface area contributed by atoms with Crippen molar-refractivity contribution < 1.29 is 9.59 Å². The predicted octanol–water partition coefficient (Wildman–Crippen LogP) is 7.09. The number of halogens is 2. The van der Waals surface area contributed by atoms with Crippen LogP contribution in [0.1, 0.15) is 42.5 Å². The minimum Gasteiger partial charge on any atom is -0.352 e. The number of hydrogen-bond donors (Lipinski definition) is 1. The van der Waals surface area contributed by atoms with E-state index in [-0.39, 0.29) is 23.6 Å². The van der Waals surface area contributed by atoms with Crippen molar-refractivity contribution in [1.29, 1.82) is 0 Å². The van der Waals surface area contributed by atoms with E-state index in [0.29, 0.717) is 28.8 Å². The quantitative estimate of drug-likeness (QED) is 0.259. The van der Waals surface area contributed by atoms with Gasteiger partial charge in [0.25, 0.3) is 0 Å². The van der Waals surface area contributed by atoms with Crippen molar-refractivity contribution in [3.8, 4) is 0 Å². The third-order valence-corrected chi connectivity index (χ3v) is 7.93. The van der Waals surface area contributed by atoms with Crippen molar-refractivity contribution in [3.63, 3.8) is 0 Å². The van der Waals surface area contributed by atoms with Crippen LogP contribution >= 0.6 is 35.0 Å². The van der Waals surface area contributed by atoms with Gasteiger partial charge in [-0.1, -0.05) is 90.8 Å². The van der Waals surface area contributed by atoms with E-state index in [1.54, 1.807) is 17.0 Å². The van der Waals surface area contributed by atoms with Gasteiger partial charge in [0.15, 0.2) is 0 Å². The van der Waals surface area contributed by atoms with Crippen LogP contribution < -0.4 is 5.32 Å². The molecule has 3 aromatic rings. The van der Waals surface area contributed by atoms with Crippen LogP contribution in [0.25, 0.3) is 0 Å². The highest BCUT2D eigenvalue weighted by atomic mass is 35.5. The lowest BCUT2D eigenvalue weighted by molar-refractivity contribution is -0.139. The first kappa shape index (κ1) is 29.1. The molecule has 0 spiro atoms. The molecule has 0 bridgehead atoms. The first-order valence-corrected chi connectivity index (χ1v) is 14.4. The zero-order valence-corrected chi connectivity index (χ0v) is 23.9. The number of aryl methyl sites for hydroxylation is 1. The Morgan fingerprint density at radius 2 is 1.68 bits per heavy atom. The van der Waals surface area contributed by atoms with Crippen molar-refractivity contribution in [3.05, 3.63) is 105 Å². The fourth-order valence-electron chi connectivity index (χ4n) is 3.94. The number of benzene rings is 3. The zero-order valence-electron chi connectivity index (χ0n) is 21.5. The number of carbonyl (C=O) groups excluding carboxylic acids is 2. The second-order valence-electron chi connectivity index (χ2n) is 9.20. The minimum absolute atomic E-state index is 0.0163. The van der Waals surface area contributed by atoms with Gasteiger partial charge in [0.2, 0.25) is 11.8 Å². The molecule has 1 N–H and O–H groups in total. The summed E-state index contributed by atoms with van der Waals surface area (Å²) in [5.74, 6) is 0.583. The average Bonchev–Trinajstić information content (AvgIpc) is 2.88. The van der Waals surface area contributed by atoms with Gasteiger partial charge in [-0.05, 0) is 54.7 Å². The van der Waals surface area contributed by atoms with Gasteiger partial charge in [-0.15, -0.1) is 11.8 Å². The van der Waals surface area contributed by atoms with Crippen molar-refractivity contribution >= 4 is 46.8 Å². The lowest BCUT2D eigenvalue weighted by Gasteiger charge is -2.32. The Balaban J connectivity index is 1.87. The third-order valence-electron chi connectivity index (χ3n) is 6.37. The molecule has 4 nitrogen and oxygen atoms in total. The molecule has 2 atom stereocenters. The van der Waals surface area contributed by atoms with E-state index in [4.69, 9.17) is 23.2 Å². The topological polar surface area (TPSA) is 49.4 Å². The normalized spacial score (nSPS) is 12.6. The van der Waals surface area contributed by atoms with Gasteiger partial charge in [-0.2, -0.15) is 0 Å². The first-order chi connectivity index (χ1) is 17.8. The lowest BCUT2D eigenvalue weighted by Crippen LogP contribution is -2.52. The maximum Gasteiger partial charge on any atom is 0.243 e. The SMILES string of the molecule is CC[C@H](C)NC(=O)[C@@H](Cc1ccccc1)N(Cc1ccccc1C)C(=O)CSCc1ccc(Cl)cc1Cl. The molecule has 196 valence electrons. The minimum atomic E-state index is -0.636. The van der Waals surface area contributed by atoms with Crippen molar-refractivity contribution in [1.82, 2.24) is 10.2 Å². The fourth-order valence-corrected chi connectivity index (χ4v) is 5.40. The van der Waals surface area contributed by atoms with Crippen LogP contribution in [0.2, 0.25) is 10.0 Å². The van der Waals surface area contributed by atoms with Crippen LogP contribution in [0.5, 0.6) is 0 Å². The summed E-state index contributed by atoms with van der Waals surface area (Å²) in [6.45, 7) is 6.41. The molecule has 2 amide bonds. The zero-order chi connectivity index (χ0) is 26.8. The number of carbonyl (C=O) groups is 2. The maximum absolute atomic E-state index is 13.8. The summed E-state index contributed by atoms with van der Waals surface area (Å²) >= 11 is 13.8. The Hall–Kier alpha value is -2.47. The molecule has 7 heteroatoms. The van der Waals surface area contributed by atoms with Crippen LogP contribution in [0, 0.1) is 6.92 Å². The number of thioether (sulfide) groups is 1. The summed E-state index contributed by atoms with van der Waals surface area (Å²) in [6, 6.07) is 22.6. The van der Waals surface area contributed by atoms with E-state index in [1.807, 2.05) is 81.4 Å². The highest BCUT2D eigenvalue weighted by molar-refractivity contribution is 7.99. The molecule has 0 aliphatic carbocycles. The van der Waals surface area contributed by atoms with Gasteiger partial charge in [-0.25, -0.2) is 0 Å². The van der Waals surface area contributed by atoms with Gasteiger partial charge < -0.3 is 10.2 Å². The van der Waals surface area contributed by atoms with Crippen molar-refractivity contribution in [2.75, 3.05) is 5.75 Å². The number of amides is 2. The summed E-state index contributed by atoms with van der Waals surface area (Å²) in [4.78, 5) is 29.1. The van der Waals surface area contributed by atoms with E-state index in [1.165, 1.54) is 11.8 Å². The van der Waals surface area contributed by atoms with Gasteiger partial charge in [0.05, 0.1) is 5.75 Å².